The summed E-state index contributed by atoms with van der Waals surface area (Å²) in [5.41, 5.74) is 1.27. The maximum absolute atomic E-state index is 13.7. The molecule has 2 aliphatic rings. The molecule has 0 aliphatic carbocycles. The molecule has 1 aromatic heterocycles. The van der Waals surface area contributed by atoms with Crippen LogP contribution in [-0.2, 0) is 11.3 Å². The molecule has 0 unspecified atom stereocenters. The quantitative estimate of drug-likeness (QED) is 0.845. The Kier molecular flexibility index (Phi) is 4.95. The third kappa shape index (κ3) is 3.61. The van der Waals surface area contributed by atoms with Crippen molar-refractivity contribution in [3.8, 4) is 0 Å². The predicted octanol–water partition coefficient (Wildman–Crippen LogP) is 2.34. The van der Waals surface area contributed by atoms with Crippen LogP contribution >= 0.6 is 0 Å². The molecule has 6 heteroatoms. The van der Waals surface area contributed by atoms with E-state index in [1.807, 2.05) is 11.0 Å². The van der Waals surface area contributed by atoms with E-state index in [1.54, 1.807) is 36.7 Å². The Bertz CT molecular complexity index is 771. The van der Waals surface area contributed by atoms with E-state index >= 15 is 0 Å². The molecule has 1 aromatic carbocycles. The molecule has 0 saturated carbocycles. The van der Waals surface area contributed by atoms with Gasteiger partial charge in [0.1, 0.15) is 5.82 Å². The van der Waals surface area contributed by atoms with Crippen molar-refractivity contribution in [3.63, 3.8) is 0 Å². The molecule has 0 N–H and O–H groups in total. The number of halogens is 1. The Hall–Kier alpha value is -2.31. The number of hydrogen-bond donors (Lipinski definition) is 0. The van der Waals surface area contributed by atoms with Crippen LogP contribution in [0.15, 0.2) is 48.8 Å². The van der Waals surface area contributed by atoms with Crippen molar-refractivity contribution >= 4 is 5.91 Å². The Morgan fingerprint density at radius 2 is 1.96 bits per heavy atom. The summed E-state index contributed by atoms with van der Waals surface area (Å²) in [6, 6.07) is 10.5. The summed E-state index contributed by atoms with van der Waals surface area (Å²) >= 11 is 0. The number of rotatable bonds is 4. The van der Waals surface area contributed by atoms with Gasteiger partial charge in [-0.1, -0.05) is 18.2 Å². The van der Waals surface area contributed by atoms with Crippen LogP contribution < -0.4 is 0 Å². The Morgan fingerprint density at radius 1 is 1.15 bits per heavy atom. The number of aromatic nitrogens is 1. The molecule has 5 nitrogen and oxygen atoms in total. The number of carbonyl (C=O) groups excluding carboxylic acids is 1. The summed E-state index contributed by atoms with van der Waals surface area (Å²) in [7, 11) is 0. The first-order chi connectivity index (χ1) is 12.7. The van der Waals surface area contributed by atoms with Crippen molar-refractivity contribution < 1.29 is 13.9 Å². The molecule has 3 heterocycles. The Balaban J connectivity index is 1.33. The summed E-state index contributed by atoms with van der Waals surface area (Å²) in [5, 5.41) is 0. The summed E-state index contributed by atoms with van der Waals surface area (Å²) in [6.07, 6.45) is 4.24. The lowest BCUT2D eigenvalue weighted by Crippen LogP contribution is -2.52. The fourth-order valence-corrected chi connectivity index (χ4v) is 3.80. The van der Waals surface area contributed by atoms with E-state index < -0.39 is 0 Å². The highest BCUT2D eigenvalue weighted by Crippen LogP contribution is 2.26. The van der Waals surface area contributed by atoms with E-state index in [-0.39, 0.29) is 24.4 Å². The van der Waals surface area contributed by atoms with Crippen LogP contribution in [0.1, 0.15) is 22.3 Å². The SMILES string of the molecule is O=C(c1ccncc1)N1CCN2C[C@H](OCc3ccccc3F)C[C@H]2C1. The molecule has 26 heavy (non-hydrogen) atoms. The van der Waals surface area contributed by atoms with Crippen molar-refractivity contribution in [1.82, 2.24) is 14.8 Å². The van der Waals surface area contributed by atoms with Gasteiger partial charge in [-0.15, -0.1) is 0 Å². The van der Waals surface area contributed by atoms with Crippen molar-refractivity contribution in [3.05, 3.63) is 65.7 Å². The van der Waals surface area contributed by atoms with Crippen LogP contribution in [0.2, 0.25) is 0 Å². The zero-order valence-electron chi connectivity index (χ0n) is 14.6. The van der Waals surface area contributed by atoms with Gasteiger partial charge in [0.2, 0.25) is 0 Å². The molecule has 4 rings (SSSR count). The molecule has 2 fully saturated rings. The highest BCUT2D eigenvalue weighted by Gasteiger charge is 2.38. The lowest BCUT2D eigenvalue weighted by atomic mass is 10.1. The lowest BCUT2D eigenvalue weighted by molar-refractivity contribution is 0.0438. The van der Waals surface area contributed by atoms with Gasteiger partial charge >= 0.3 is 0 Å². The van der Waals surface area contributed by atoms with E-state index in [4.69, 9.17) is 4.74 Å². The monoisotopic (exact) mass is 355 g/mol. The van der Waals surface area contributed by atoms with Crippen LogP contribution in [0.4, 0.5) is 4.39 Å². The van der Waals surface area contributed by atoms with Gasteiger partial charge in [0, 0.05) is 55.7 Å². The van der Waals surface area contributed by atoms with E-state index in [1.165, 1.54) is 6.07 Å². The first-order valence-corrected chi connectivity index (χ1v) is 8.99. The molecule has 2 atom stereocenters. The highest BCUT2D eigenvalue weighted by molar-refractivity contribution is 5.94. The maximum atomic E-state index is 13.7. The molecule has 1 amide bonds. The fourth-order valence-electron chi connectivity index (χ4n) is 3.80. The first-order valence-electron chi connectivity index (χ1n) is 8.99. The van der Waals surface area contributed by atoms with E-state index in [2.05, 4.69) is 9.88 Å². The average Bonchev–Trinajstić information content (AvgIpc) is 3.09. The topological polar surface area (TPSA) is 45.7 Å². The van der Waals surface area contributed by atoms with Gasteiger partial charge in [0.25, 0.3) is 5.91 Å². The second-order valence-corrected chi connectivity index (χ2v) is 6.90. The number of benzene rings is 1. The van der Waals surface area contributed by atoms with Crippen molar-refractivity contribution in [2.75, 3.05) is 26.2 Å². The molecule has 136 valence electrons. The normalized spacial score (nSPS) is 23.0. The average molecular weight is 355 g/mol. The lowest BCUT2D eigenvalue weighted by Gasteiger charge is -2.37. The molecule has 0 bridgehead atoms. The van der Waals surface area contributed by atoms with Gasteiger partial charge < -0.3 is 9.64 Å². The summed E-state index contributed by atoms with van der Waals surface area (Å²) in [4.78, 5) is 20.9. The maximum Gasteiger partial charge on any atom is 0.254 e. The van der Waals surface area contributed by atoms with E-state index in [0.717, 1.165) is 26.1 Å². The smallest absolute Gasteiger partial charge is 0.254 e. The summed E-state index contributed by atoms with van der Waals surface area (Å²) in [5.74, 6) is -0.167. The number of carbonyl (C=O) groups is 1. The summed E-state index contributed by atoms with van der Waals surface area (Å²) < 4.78 is 19.7. The summed E-state index contributed by atoms with van der Waals surface area (Å²) in [6.45, 7) is 3.41. The van der Waals surface area contributed by atoms with Crippen LogP contribution in [0.25, 0.3) is 0 Å². The van der Waals surface area contributed by atoms with Gasteiger partial charge in [-0.25, -0.2) is 4.39 Å². The Morgan fingerprint density at radius 3 is 2.77 bits per heavy atom. The molecular formula is C20H22FN3O2. The second kappa shape index (κ2) is 7.51. The number of fused-ring (bicyclic) bond motifs is 1. The molecular weight excluding hydrogens is 333 g/mol. The van der Waals surface area contributed by atoms with Gasteiger partial charge in [-0.2, -0.15) is 0 Å². The van der Waals surface area contributed by atoms with E-state index in [9.17, 15) is 9.18 Å². The zero-order valence-corrected chi connectivity index (χ0v) is 14.6. The number of nitrogens with zero attached hydrogens (tertiary/aromatic N) is 3. The fraction of sp³-hybridized carbons (Fsp3) is 0.400. The second-order valence-electron chi connectivity index (χ2n) is 6.90. The zero-order chi connectivity index (χ0) is 17.9. The van der Waals surface area contributed by atoms with Crippen molar-refractivity contribution in [2.45, 2.75) is 25.2 Å². The third-order valence-corrected chi connectivity index (χ3v) is 5.22. The minimum atomic E-state index is -0.225. The van der Waals surface area contributed by atoms with Crippen LogP contribution in [0.3, 0.4) is 0 Å². The number of ether oxygens (including phenoxy) is 1. The number of piperazine rings is 1. The Labute approximate surface area is 152 Å². The number of pyridine rings is 1. The molecule has 2 saturated heterocycles. The van der Waals surface area contributed by atoms with Crippen LogP contribution in [0, 0.1) is 5.82 Å². The predicted molar refractivity (Wildman–Crippen MR) is 95.1 cm³/mol. The van der Waals surface area contributed by atoms with Gasteiger partial charge in [0.15, 0.2) is 0 Å². The van der Waals surface area contributed by atoms with Gasteiger partial charge in [0.05, 0.1) is 12.7 Å². The van der Waals surface area contributed by atoms with Gasteiger partial charge in [-0.05, 0) is 24.6 Å². The minimum absolute atomic E-state index is 0.0581. The highest BCUT2D eigenvalue weighted by atomic mass is 19.1. The molecule has 0 spiro atoms. The van der Waals surface area contributed by atoms with Crippen LogP contribution in [-0.4, -0.2) is 59.0 Å². The largest absolute Gasteiger partial charge is 0.372 e. The molecule has 2 aliphatic heterocycles. The van der Waals surface area contributed by atoms with Crippen molar-refractivity contribution in [1.29, 1.82) is 0 Å². The molecule has 2 aromatic rings. The number of amides is 1. The minimum Gasteiger partial charge on any atom is -0.372 e. The number of hydrogen-bond acceptors (Lipinski definition) is 4. The third-order valence-electron chi connectivity index (χ3n) is 5.22. The standard InChI is InChI=1S/C20H22FN3O2/c21-19-4-2-1-3-16(19)14-26-18-11-17-12-24(10-9-23(17)13-18)20(25)15-5-7-22-8-6-15/h1-8,17-18H,9-14H2/t17-,18+/m0/s1. The van der Waals surface area contributed by atoms with Crippen molar-refractivity contribution in [2.24, 2.45) is 0 Å². The van der Waals surface area contributed by atoms with Crippen LogP contribution in [0.5, 0.6) is 0 Å². The van der Waals surface area contributed by atoms with E-state index in [0.29, 0.717) is 23.7 Å². The first kappa shape index (κ1) is 17.1. The van der Waals surface area contributed by atoms with Gasteiger partial charge in [-0.3, -0.25) is 14.7 Å². The molecule has 0 radical (unpaired) electrons.